The second-order valence-corrected chi connectivity index (χ2v) is 7.86. The van der Waals surface area contributed by atoms with E-state index in [1.165, 1.54) is 12.1 Å². The molecule has 1 aromatic carbocycles. The Bertz CT molecular complexity index is 1640. The fraction of sp³-hybridized carbons (Fsp3) is 0.125. The number of nitrogens with zero attached hydrogens (tertiary/aromatic N) is 6. The number of halogens is 1. The van der Waals surface area contributed by atoms with Crippen molar-refractivity contribution in [3.63, 3.8) is 0 Å². The number of aromatic nitrogens is 8. The van der Waals surface area contributed by atoms with Crippen LogP contribution in [-0.2, 0) is 13.5 Å². The summed E-state index contributed by atoms with van der Waals surface area (Å²) < 4.78 is 15.6. The fourth-order valence-electron chi connectivity index (χ4n) is 4.14. The predicted octanol–water partition coefficient (Wildman–Crippen LogP) is 4.67. The number of benzene rings is 1. The van der Waals surface area contributed by atoms with Gasteiger partial charge in [-0.3, -0.25) is 14.8 Å². The number of pyridine rings is 2. The van der Waals surface area contributed by atoms with Crippen molar-refractivity contribution in [1.29, 1.82) is 0 Å². The van der Waals surface area contributed by atoms with Gasteiger partial charge in [-0.25, -0.2) is 14.4 Å². The first-order valence-electron chi connectivity index (χ1n) is 10.6. The molecule has 0 aliphatic heterocycles. The van der Waals surface area contributed by atoms with Gasteiger partial charge < -0.3 is 4.98 Å². The number of aryl methyl sites for hydroxylation is 2. The SMILES string of the molecule is CCc1nn(C)cc1-c1ccc2[nH]nc(-c3nc4c(-c5cccc(F)c5)cncc4[nH]3)c2n1. The van der Waals surface area contributed by atoms with Gasteiger partial charge in [-0.15, -0.1) is 0 Å². The van der Waals surface area contributed by atoms with E-state index in [1.807, 2.05) is 31.4 Å². The lowest BCUT2D eigenvalue weighted by molar-refractivity contribution is 0.628. The highest BCUT2D eigenvalue weighted by Gasteiger charge is 2.18. The van der Waals surface area contributed by atoms with Crippen molar-refractivity contribution in [2.45, 2.75) is 13.3 Å². The van der Waals surface area contributed by atoms with E-state index in [-0.39, 0.29) is 5.82 Å². The molecule has 0 amide bonds. The molecule has 0 saturated carbocycles. The van der Waals surface area contributed by atoms with Crippen LogP contribution in [0.25, 0.3) is 56.0 Å². The Hall–Kier alpha value is -4.40. The monoisotopic (exact) mass is 438 g/mol. The molecule has 6 aromatic rings. The van der Waals surface area contributed by atoms with Crippen LogP contribution in [0.2, 0.25) is 0 Å². The highest BCUT2D eigenvalue weighted by Crippen LogP contribution is 2.32. The van der Waals surface area contributed by atoms with Gasteiger partial charge in [0.2, 0.25) is 0 Å². The van der Waals surface area contributed by atoms with Gasteiger partial charge in [0.1, 0.15) is 11.3 Å². The highest BCUT2D eigenvalue weighted by molar-refractivity contribution is 5.95. The number of rotatable bonds is 4. The van der Waals surface area contributed by atoms with Gasteiger partial charge in [0.25, 0.3) is 0 Å². The second kappa shape index (κ2) is 7.33. The van der Waals surface area contributed by atoms with E-state index < -0.39 is 0 Å². The Morgan fingerprint density at radius 2 is 1.91 bits per heavy atom. The predicted molar refractivity (Wildman–Crippen MR) is 124 cm³/mol. The van der Waals surface area contributed by atoms with Crippen molar-refractivity contribution in [1.82, 2.24) is 39.9 Å². The lowest BCUT2D eigenvalue weighted by Gasteiger charge is -2.01. The van der Waals surface area contributed by atoms with E-state index in [0.29, 0.717) is 28.1 Å². The number of nitrogens with one attached hydrogen (secondary N) is 2. The second-order valence-electron chi connectivity index (χ2n) is 7.86. The quantitative estimate of drug-likeness (QED) is 0.417. The van der Waals surface area contributed by atoms with Crippen LogP contribution in [0.3, 0.4) is 0 Å². The minimum Gasteiger partial charge on any atom is -0.335 e. The molecule has 0 atom stereocenters. The number of H-pyrrole nitrogens is 2. The number of imidazole rings is 1. The smallest absolute Gasteiger partial charge is 0.161 e. The van der Waals surface area contributed by atoms with Crippen LogP contribution in [-0.4, -0.2) is 39.9 Å². The van der Waals surface area contributed by atoms with Crippen LogP contribution in [0.5, 0.6) is 0 Å². The van der Waals surface area contributed by atoms with Gasteiger partial charge in [-0.2, -0.15) is 10.2 Å². The number of aromatic amines is 2. The van der Waals surface area contributed by atoms with Crippen LogP contribution >= 0.6 is 0 Å². The average Bonchev–Trinajstić information content (AvgIpc) is 3.53. The molecule has 162 valence electrons. The van der Waals surface area contributed by atoms with E-state index in [2.05, 4.69) is 32.2 Å². The molecule has 8 nitrogen and oxygen atoms in total. The lowest BCUT2D eigenvalue weighted by Crippen LogP contribution is -1.90. The molecule has 0 saturated heterocycles. The molecule has 0 aliphatic carbocycles. The maximum Gasteiger partial charge on any atom is 0.161 e. The fourth-order valence-corrected chi connectivity index (χ4v) is 4.14. The van der Waals surface area contributed by atoms with E-state index in [9.17, 15) is 4.39 Å². The molecule has 5 heterocycles. The Labute approximate surface area is 187 Å². The number of hydrogen-bond donors (Lipinski definition) is 2. The average molecular weight is 438 g/mol. The zero-order valence-electron chi connectivity index (χ0n) is 18.0. The third kappa shape index (κ3) is 3.16. The van der Waals surface area contributed by atoms with Crippen LogP contribution in [0.15, 0.2) is 55.0 Å². The van der Waals surface area contributed by atoms with Crippen molar-refractivity contribution in [2.24, 2.45) is 7.05 Å². The summed E-state index contributed by atoms with van der Waals surface area (Å²) in [5, 5.41) is 12.0. The van der Waals surface area contributed by atoms with Gasteiger partial charge in [0.05, 0.1) is 34.1 Å². The maximum absolute atomic E-state index is 13.8. The van der Waals surface area contributed by atoms with E-state index in [0.717, 1.165) is 40.0 Å². The molecular formula is C24H19FN8. The summed E-state index contributed by atoms with van der Waals surface area (Å²) in [5.74, 6) is 0.255. The third-order valence-corrected chi connectivity index (χ3v) is 5.68. The maximum atomic E-state index is 13.8. The molecule has 0 radical (unpaired) electrons. The van der Waals surface area contributed by atoms with Crippen molar-refractivity contribution in [2.75, 3.05) is 0 Å². The summed E-state index contributed by atoms with van der Waals surface area (Å²) in [7, 11) is 1.91. The summed E-state index contributed by atoms with van der Waals surface area (Å²) in [5.41, 5.74) is 7.81. The Morgan fingerprint density at radius 1 is 1.00 bits per heavy atom. The van der Waals surface area contributed by atoms with E-state index >= 15 is 0 Å². The summed E-state index contributed by atoms with van der Waals surface area (Å²) in [6.07, 6.45) is 6.18. The van der Waals surface area contributed by atoms with Crippen LogP contribution in [0, 0.1) is 5.82 Å². The molecule has 0 fully saturated rings. The largest absolute Gasteiger partial charge is 0.335 e. The first-order chi connectivity index (χ1) is 16.1. The summed E-state index contributed by atoms with van der Waals surface area (Å²) in [6, 6.07) is 10.3. The summed E-state index contributed by atoms with van der Waals surface area (Å²) in [6.45, 7) is 2.08. The standard InChI is InChI=1S/C24H19FN8/c1-3-17-16(12-33(2)32-17)18-7-8-19-22(27-18)23(31-30-19)24-28-20-11-26-10-15(21(20)29-24)13-5-4-6-14(25)9-13/h4-12H,3H2,1-2H3,(H,28,29)(H,30,31). The third-order valence-electron chi connectivity index (χ3n) is 5.68. The molecule has 5 aromatic heterocycles. The van der Waals surface area contributed by atoms with Gasteiger partial charge >= 0.3 is 0 Å². The Morgan fingerprint density at radius 3 is 2.76 bits per heavy atom. The highest BCUT2D eigenvalue weighted by atomic mass is 19.1. The minimum atomic E-state index is -0.308. The van der Waals surface area contributed by atoms with E-state index in [1.54, 1.807) is 23.1 Å². The zero-order valence-corrected chi connectivity index (χ0v) is 18.0. The van der Waals surface area contributed by atoms with Crippen molar-refractivity contribution < 1.29 is 4.39 Å². The van der Waals surface area contributed by atoms with Crippen molar-refractivity contribution in [3.8, 4) is 33.9 Å². The van der Waals surface area contributed by atoms with Gasteiger partial charge in [-0.05, 0) is 36.2 Å². The molecule has 0 unspecified atom stereocenters. The molecule has 6 rings (SSSR count). The van der Waals surface area contributed by atoms with Crippen molar-refractivity contribution >= 4 is 22.1 Å². The first-order valence-corrected chi connectivity index (χ1v) is 10.6. The molecule has 2 N–H and O–H groups in total. The van der Waals surface area contributed by atoms with Gasteiger partial charge in [0, 0.05) is 30.6 Å². The summed E-state index contributed by atoms with van der Waals surface area (Å²) >= 11 is 0. The molecule has 0 aliphatic rings. The molecule has 9 heteroatoms. The normalized spacial score (nSPS) is 11.6. The van der Waals surface area contributed by atoms with Crippen LogP contribution in [0.1, 0.15) is 12.6 Å². The molecule has 0 spiro atoms. The Balaban J connectivity index is 1.51. The molecular weight excluding hydrogens is 419 g/mol. The summed E-state index contributed by atoms with van der Waals surface area (Å²) in [4.78, 5) is 17.3. The minimum absolute atomic E-state index is 0.308. The number of hydrogen-bond acceptors (Lipinski definition) is 5. The van der Waals surface area contributed by atoms with E-state index in [4.69, 9.17) is 9.97 Å². The lowest BCUT2D eigenvalue weighted by atomic mass is 10.1. The van der Waals surface area contributed by atoms with Gasteiger partial charge in [0.15, 0.2) is 11.5 Å². The topological polar surface area (TPSA) is 101 Å². The molecule has 33 heavy (non-hydrogen) atoms. The first kappa shape index (κ1) is 19.3. The molecule has 0 bridgehead atoms. The zero-order chi connectivity index (χ0) is 22.5. The number of fused-ring (bicyclic) bond motifs is 2. The Kier molecular flexibility index (Phi) is 4.29. The van der Waals surface area contributed by atoms with Crippen molar-refractivity contribution in [3.05, 3.63) is 66.5 Å². The van der Waals surface area contributed by atoms with Crippen LogP contribution in [0.4, 0.5) is 4.39 Å². The van der Waals surface area contributed by atoms with Crippen LogP contribution < -0.4 is 0 Å². The van der Waals surface area contributed by atoms with Gasteiger partial charge in [-0.1, -0.05) is 19.1 Å².